The lowest BCUT2D eigenvalue weighted by Gasteiger charge is -2.32. The van der Waals surface area contributed by atoms with Gasteiger partial charge in [0.25, 0.3) is 0 Å². The van der Waals surface area contributed by atoms with E-state index < -0.39 is 0 Å². The average molecular weight is 245 g/mol. The molecule has 1 aliphatic heterocycles. The summed E-state index contributed by atoms with van der Waals surface area (Å²) < 4.78 is 0. The molecule has 0 radical (unpaired) electrons. The molecule has 0 N–H and O–H groups in total. The summed E-state index contributed by atoms with van der Waals surface area (Å²) in [4.78, 5) is 14.3. The number of benzene rings is 1. The summed E-state index contributed by atoms with van der Waals surface area (Å²) in [6.07, 6.45) is 1.76. The molecule has 2 nitrogen and oxygen atoms in total. The molecule has 1 saturated heterocycles. The minimum Gasteiger partial charge on any atom is -0.299 e. The minimum atomic E-state index is 0.252. The predicted molar refractivity (Wildman–Crippen MR) is 74.3 cm³/mol. The van der Waals surface area contributed by atoms with Crippen molar-refractivity contribution in [2.24, 2.45) is 11.8 Å². The maximum atomic E-state index is 11.9. The molecule has 98 valence electrons. The Morgan fingerprint density at radius 3 is 2.67 bits per heavy atom. The van der Waals surface area contributed by atoms with Gasteiger partial charge in [-0.2, -0.15) is 0 Å². The first-order valence-corrected chi connectivity index (χ1v) is 6.94. The van der Waals surface area contributed by atoms with Gasteiger partial charge < -0.3 is 0 Å². The Hall–Kier alpha value is -1.15. The Bertz CT molecular complexity index is 385. The predicted octanol–water partition coefficient (Wildman–Crippen LogP) is 3.12. The van der Waals surface area contributed by atoms with E-state index in [1.165, 1.54) is 5.56 Å². The van der Waals surface area contributed by atoms with E-state index in [-0.39, 0.29) is 5.92 Å². The van der Waals surface area contributed by atoms with E-state index in [1.807, 2.05) is 6.07 Å². The summed E-state index contributed by atoms with van der Waals surface area (Å²) in [7, 11) is 0. The van der Waals surface area contributed by atoms with Gasteiger partial charge in [0.15, 0.2) is 0 Å². The van der Waals surface area contributed by atoms with Gasteiger partial charge in [0.05, 0.1) is 0 Å². The Labute approximate surface area is 110 Å². The van der Waals surface area contributed by atoms with Crippen molar-refractivity contribution >= 4 is 5.78 Å². The van der Waals surface area contributed by atoms with Gasteiger partial charge in [-0.15, -0.1) is 0 Å². The van der Waals surface area contributed by atoms with E-state index in [9.17, 15) is 4.79 Å². The smallest absolute Gasteiger partial charge is 0.138 e. The lowest BCUT2D eigenvalue weighted by atomic mass is 9.88. The minimum absolute atomic E-state index is 0.252. The molecule has 0 aliphatic carbocycles. The van der Waals surface area contributed by atoms with Gasteiger partial charge in [-0.05, 0) is 17.9 Å². The van der Waals surface area contributed by atoms with Crippen LogP contribution in [0.1, 0.15) is 32.3 Å². The monoisotopic (exact) mass is 245 g/mol. The van der Waals surface area contributed by atoms with Gasteiger partial charge >= 0.3 is 0 Å². The number of ketones is 1. The highest BCUT2D eigenvalue weighted by molar-refractivity contribution is 5.82. The molecule has 1 atom stereocenters. The molecule has 0 spiro atoms. The zero-order valence-corrected chi connectivity index (χ0v) is 11.4. The number of Topliss-reactive ketones (excluding diaryl/α,β-unsaturated/α-hetero) is 1. The van der Waals surface area contributed by atoms with Crippen LogP contribution in [0.5, 0.6) is 0 Å². The standard InChI is InChI=1S/C16H23NO/c1-13(2)10-15-12-17(9-8-16(15)18)11-14-6-4-3-5-7-14/h3-7,13,15H,8-12H2,1-2H3. The molecular weight excluding hydrogens is 222 g/mol. The van der Waals surface area contributed by atoms with Crippen molar-refractivity contribution in [3.8, 4) is 0 Å². The van der Waals surface area contributed by atoms with Crippen LogP contribution in [0.2, 0.25) is 0 Å². The fourth-order valence-electron chi connectivity index (χ4n) is 2.74. The Kier molecular flexibility index (Phi) is 4.54. The van der Waals surface area contributed by atoms with E-state index in [1.54, 1.807) is 0 Å². The molecule has 2 heteroatoms. The van der Waals surface area contributed by atoms with Crippen molar-refractivity contribution in [1.29, 1.82) is 0 Å². The van der Waals surface area contributed by atoms with Gasteiger partial charge in [-0.3, -0.25) is 9.69 Å². The fourth-order valence-corrected chi connectivity index (χ4v) is 2.74. The number of hydrogen-bond acceptors (Lipinski definition) is 2. The molecule has 1 fully saturated rings. The lowest BCUT2D eigenvalue weighted by molar-refractivity contribution is -0.127. The van der Waals surface area contributed by atoms with Gasteiger partial charge in [-0.25, -0.2) is 0 Å². The molecule has 1 aromatic rings. The Balaban J connectivity index is 1.93. The third-order valence-corrected chi connectivity index (χ3v) is 3.61. The van der Waals surface area contributed by atoms with Gasteiger partial charge in [0, 0.05) is 32.0 Å². The summed E-state index contributed by atoms with van der Waals surface area (Å²) in [5.41, 5.74) is 1.34. The van der Waals surface area contributed by atoms with E-state index in [0.717, 1.165) is 32.5 Å². The molecule has 0 amide bonds. The first kappa shape index (κ1) is 13.3. The molecule has 2 rings (SSSR count). The summed E-state index contributed by atoms with van der Waals surface area (Å²) in [6.45, 7) is 7.23. The van der Waals surface area contributed by atoms with Crippen LogP contribution < -0.4 is 0 Å². The van der Waals surface area contributed by atoms with E-state index in [4.69, 9.17) is 0 Å². The van der Waals surface area contributed by atoms with Gasteiger partial charge in [0.2, 0.25) is 0 Å². The van der Waals surface area contributed by atoms with Crippen molar-refractivity contribution in [2.45, 2.75) is 33.2 Å². The molecule has 0 saturated carbocycles. The molecule has 1 aromatic carbocycles. The van der Waals surface area contributed by atoms with E-state index in [0.29, 0.717) is 11.7 Å². The summed E-state index contributed by atoms with van der Waals surface area (Å²) in [6, 6.07) is 10.5. The number of hydrogen-bond donors (Lipinski definition) is 0. The lowest BCUT2D eigenvalue weighted by Crippen LogP contribution is -2.40. The largest absolute Gasteiger partial charge is 0.299 e. The second kappa shape index (κ2) is 6.14. The number of likely N-dealkylation sites (tertiary alicyclic amines) is 1. The zero-order chi connectivity index (χ0) is 13.0. The van der Waals surface area contributed by atoms with E-state index in [2.05, 4.69) is 43.0 Å². The van der Waals surface area contributed by atoms with Gasteiger partial charge in [0.1, 0.15) is 5.78 Å². The first-order valence-electron chi connectivity index (χ1n) is 6.94. The highest BCUT2D eigenvalue weighted by Gasteiger charge is 2.27. The van der Waals surface area contributed by atoms with Crippen LogP contribution in [0.4, 0.5) is 0 Å². The van der Waals surface area contributed by atoms with Crippen LogP contribution in [0.3, 0.4) is 0 Å². The van der Waals surface area contributed by atoms with Crippen LogP contribution in [-0.2, 0) is 11.3 Å². The second-order valence-electron chi connectivity index (χ2n) is 5.76. The topological polar surface area (TPSA) is 20.3 Å². The first-order chi connectivity index (χ1) is 8.65. The van der Waals surface area contributed by atoms with Crippen molar-refractivity contribution in [2.75, 3.05) is 13.1 Å². The van der Waals surface area contributed by atoms with Crippen molar-refractivity contribution < 1.29 is 4.79 Å². The maximum absolute atomic E-state index is 11.9. The molecule has 1 unspecified atom stereocenters. The second-order valence-corrected chi connectivity index (χ2v) is 5.76. The summed E-state index contributed by atoms with van der Waals surface area (Å²) >= 11 is 0. The van der Waals surface area contributed by atoms with Crippen LogP contribution in [0, 0.1) is 11.8 Å². The highest BCUT2D eigenvalue weighted by atomic mass is 16.1. The number of piperidine rings is 1. The number of rotatable bonds is 4. The van der Waals surface area contributed by atoms with Crippen LogP contribution in [0.25, 0.3) is 0 Å². The summed E-state index contributed by atoms with van der Waals surface area (Å²) in [5, 5.41) is 0. The number of nitrogens with zero attached hydrogens (tertiary/aromatic N) is 1. The zero-order valence-electron chi connectivity index (χ0n) is 11.4. The molecule has 18 heavy (non-hydrogen) atoms. The number of carbonyl (C=O) groups is 1. The van der Waals surface area contributed by atoms with Crippen LogP contribution >= 0.6 is 0 Å². The molecule has 0 bridgehead atoms. The molecule has 1 aliphatic rings. The van der Waals surface area contributed by atoms with Crippen molar-refractivity contribution in [1.82, 2.24) is 4.90 Å². The Morgan fingerprint density at radius 2 is 2.00 bits per heavy atom. The average Bonchev–Trinajstić information content (AvgIpc) is 2.34. The molecular formula is C16H23NO. The SMILES string of the molecule is CC(C)CC1CN(Cc2ccccc2)CCC1=O. The van der Waals surface area contributed by atoms with Gasteiger partial charge in [-0.1, -0.05) is 44.2 Å². The third kappa shape index (κ3) is 3.67. The van der Waals surface area contributed by atoms with E-state index >= 15 is 0 Å². The van der Waals surface area contributed by atoms with Crippen molar-refractivity contribution in [3.63, 3.8) is 0 Å². The Morgan fingerprint density at radius 1 is 1.28 bits per heavy atom. The fraction of sp³-hybridized carbons (Fsp3) is 0.562. The van der Waals surface area contributed by atoms with Crippen LogP contribution in [0.15, 0.2) is 30.3 Å². The molecule has 1 heterocycles. The molecule has 0 aromatic heterocycles. The summed E-state index contributed by atoms with van der Waals surface area (Å²) in [5.74, 6) is 1.33. The third-order valence-electron chi connectivity index (χ3n) is 3.61. The van der Waals surface area contributed by atoms with Crippen molar-refractivity contribution in [3.05, 3.63) is 35.9 Å². The van der Waals surface area contributed by atoms with Crippen LogP contribution in [-0.4, -0.2) is 23.8 Å². The normalized spacial score (nSPS) is 21.5. The quantitative estimate of drug-likeness (QED) is 0.812. The highest BCUT2D eigenvalue weighted by Crippen LogP contribution is 2.21. The number of carbonyl (C=O) groups excluding carboxylic acids is 1. The maximum Gasteiger partial charge on any atom is 0.138 e.